The molecule has 7 heteroatoms. The summed E-state index contributed by atoms with van der Waals surface area (Å²) in [5.41, 5.74) is 1.75. The number of carboxylic acids is 1. The largest absolute Gasteiger partial charge is 0.478 e. The maximum Gasteiger partial charge on any atom is 0.335 e. The number of amides is 1. The summed E-state index contributed by atoms with van der Waals surface area (Å²) in [6, 6.07) is 14.2. The Labute approximate surface area is 160 Å². The molecule has 0 atom stereocenters. The molecule has 27 heavy (non-hydrogen) atoms. The van der Waals surface area contributed by atoms with Gasteiger partial charge in [-0.25, -0.2) is 9.78 Å². The Hall–Kier alpha value is -2.77. The van der Waals surface area contributed by atoms with Crippen LogP contribution in [0.1, 0.15) is 25.7 Å². The van der Waals surface area contributed by atoms with Crippen molar-refractivity contribution in [3.63, 3.8) is 0 Å². The SMILES string of the molecule is O=C(O)c1ccc(C(=O)N2CCN(Cc3nc4ccccc4s3)CC2)cc1. The van der Waals surface area contributed by atoms with E-state index >= 15 is 0 Å². The predicted molar refractivity (Wildman–Crippen MR) is 104 cm³/mol. The third-order valence-electron chi connectivity index (χ3n) is 4.74. The Morgan fingerprint density at radius 2 is 1.63 bits per heavy atom. The number of aromatic nitrogens is 1. The number of piperazine rings is 1. The van der Waals surface area contributed by atoms with Gasteiger partial charge in [0.15, 0.2) is 0 Å². The second kappa shape index (κ2) is 7.46. The number of hydrogen-bond donors (Lipinski definition) is 1. The van der Waals surface area contributed by atoms with E-state index in [0.29, 0.717) is 18.7 Å². The van der Waals surface area contributed by atoms with Crippen molar-refractivity contribution in [3.05, 3.63) is 64.7 Å². The lowest BCUT2D eigenvalue weighted by Gasteiger charge is -2.34. The number of para-hydroxylation sites is 1. The van der Waals surface area contributed by atoms with Gasteiger partial charge in [-0.05, 0) is 36.4 Å². The fourth-order valence-electron chi connectivity index (χ4n) is 3.23. The number of carbonyl (C=O) groups excluding carboxylic acids is 1. The first-order valence-corrected chi connectivity index (χ1v) is 9.61. The van der Waals surface area contributed by atoms with Crippen molar-refractivity contribution in [1.82, 2.24) is 14.8 Å². The van der Waals surface area contributed by atoms with Crippen LogP contribution in [0.5, 0.6) is 0 Å². The predicted octanol–water partition coefficient (Wildman–Crippen LogP) is 2.95. The zero-order chi connectivity index (χ0) is 18.8. The highest BCUT2D eigenvalue weighted by molar-refractivity contribution is 7.18. The molecule has 2 heterocycles. The number of carboxylic acid groups (broad SMARTS) is 1. The molecule has 1 saturated heterocycles. The van der Waals surface area contributed by atoms with Gasteiger partial charge in [-0.3, -0.25) is 9.69 Å². The molecule has 4 rings (SSSR count). The molecule has 0 saturated carbocycles. The smallest absolute Gasteiger partial charge is 0.335 e. The van der Waals surface area contributed by atoms with Crippen molar-refractivity contribution in [3.8, 4) is 0 Å². The van der Waals surface area contributed by atoms with Gasteiger partial charge in [0.2, 0.25) is 0 Å². The molecule has 0 bridgehead atoms. The van der Waals surface area contributed by atoms with Crippen molar-refractivity contribution in [2.75, 3.05) is 26.2 Å². The van der Waals surface area contributed by atoms with Crippen molar-refractivity contribution in [2.45, 2.75) is 6.54 Å². The minimum atomic E-state index is -0.988. The third-order valence-corrected chi connectivity index (χ3v) is 5.76. The number of thiazole rings is 1. The van der Waals surface area contributed by atoms with E-state index in [2.05, 4.69) is 16.0 Å². The first kappa shape index (κ1) is 17.6. The molecule has 0 radical (unpaired) electrons. The monoisotopic (exact) mass is 381 g/mol. The topological polar surface area (TPSA) is 73.7 Å². The van der Waals surface area contributed by atoms with Gasteiger partial charge >= 0.3 is 5.97 Å². The standard InChI is InChI=1S/C20H19N3O3S/c24-19(14-5-7-15(8-6-14)20(25)26)23-11-9-22(10-12-23)13-18-21-16-3-1-2-4-17(16)27-18/h1-8H,9-13H2,(H,25,26). The zero-order valence-corrected chi connectivity index (χ0v) is 15.5. The minimum absolute atomic E-state index is 0.0495. The summed E-state index contributed by atoms with van der Waals surface area (Å²) in [6.45, 7) is 3.72. The normalized spacial score (nSPS) is 15.2. The summed E-state index contributed by atoms with van der Waals surface area (Å²) in [4.78, 5) is 32.4. The summed E-state index contributed by atoms with van der Waals surface area (Å²) >= 11 is 1.72. The average molecular weight is 381 g/mol. The van der Waals surface area contributed by atoms with Gasteiger partial charge in [-0.2, -0.15) is 0 Å². The second-order valence-electron chi connectivity index (χ2n) is 6.53. The van der Waals surface area contributed by atoms with E-state index in [4.69, 9.17) is 5.11 Å². The fourth-order valence-corrected chi connectivity index (χ4v) is 4.24. The molecule has 2 aromatic carbocycles. The lowest BCUT2D eigenvalue weighted by molar-refractivity contribution is 0.0626. The number of hydrogen-bond acceptors (Lipinski definition) is 5. The zero-order valence-electron chi connectivity index (χ0n) is 14.7. The molecule has 138 valence electrons. The van der Waals surface area contributed by atoms with Gasteiger partial charge in [-0.15, -0.1) is 11.3 Å². The van der Waals surface area contributed by atoms with Crippen molar-refractivity contribution in [1.29, 1.82) is 0 Å². The molecular weight excluding hydrogens is 362 g/mol. The van der Waals surface area contributed by atoms with E-state index in [1.54, 1.807) is 23.5 Å². The summed E-state index contributed by atoms with van der Waals surface area (Å²) in [6.07, 6.45) is 0. The van der Waals surface area contributed by atoms with Crippen LogP contribution in [0.2, 0.25) is 0 Å². The van der Waals surface area contributed by atoms with Gasteiger partial charge in [0.25, 0.3) is 5.91 Å². The first-order chi connectivity index (χ1) is 13.1. The Morgan fingerprint density at radius 3 is 2.30 bits per heavy atom. The Kier molecular flexibility index (Phi) is 4.87. The summed E-state index contributed by atoms with van der Waals surface area (Å²) in [7, 11) is 0. The summed E-state index contributed by atoms with van der Waals surface area (Å²) in [5.74, 6) is -1.04. The highest BCUT2D eigenvalue weighted by atomic mass is 32.1. The molecule has 1 aromatic heterocycles. The van der Waals surface area contributed by atoms with Gasteiger partial charge in [0, 0.05) is 31.7 Å². The van der Waals surface area contributed by atoms with Crippen molar-refractivity contribution in [2.24, 2.45) is 0 Å². The molecule has 6 nitrogen and oxygen atoms in total. The van der Waals surface area contributed by atoms with Crippen molar-refractivity contribution >= 4 is 33.4 Å². The quantitative estimate of drug-likeness (QED) is 0.752. The molecule has 1 aliphatic heterocycles. The van der Waals surface area contributed by atoms with Crippen LogP contribution in [0.15, 0.2) is 48.5 Å². The molecule has 0 spiro atoms. The van der Waals surface area contributed by atoms with Crippen LogP contribution in [0.25, 0.3) is 10.2 Å². The Bertz CT molecular complexity index is 943. The van der Waals surface area contributed by atoms with Gasteiger partial charge in [0.05, 0.1) is 22.3 Å². The number of benzene rings is 2. The van der Waals surface area contributed by atoms with Crippen LogP contribution in [0.4, 0.5) is 0 Å². The van der Waals surface area contributed by atoms with E-state index < -0.39 is 5.97 Å². The second-order valence-corrected chi connectivity index (χ2v) is 7.64. The van der Waals surface area contributed by atoms with E-state index in [1.165, 1.54) is 16.8 Å². The maximum atomic E-state index is 12.6. The highest BCUT2D eigenvalue weighted by Crippen LogP contribution is 2.23. The van der Waals surface area contributed by atoms with Crippen LogP contribution < -0.4 is 0 Å². The van der Waals surface area contributed by atoms with Crippen LogP contribution in [-0.2, 0) is 6.54 Å². The highest BCUT2D eigenvalue weighted by Gasteiger charge is 2.23. The third kappa shape index (κ3) is 3.84. The average Bonchev–Trinajstić information content (AvgIpc) is 3.10. The lowest BCUT2D eigenvalue weighted by atomic mass is 10.1. The summed E-state index contributed by atoms with van der Waals surface area (Å²) < 4.78 is 1.20. The van der Waals surface area contributed by atoms with E-state index in [-0.39, 0.29) is 11.5 Å². The fraction of sp³-hybridized carbons (Fsp3) is 0.250. The molecular formula is C20H19N3O3S. The number of aromatic carboxylic acids is 1. The molecule has 1 N–H and O–H groups in total. The summed E-state index contributed by atoms with van der Waals surface area (Å²) in [5, 5.41) is 10.1. The van der Waals surface area contributed by atoms with E-state index in [9.17, 15) is 9.59 Å². The van der Waals surface area contributed by atoms with Gasteiger partial charge in [-0.1, -0.05) is 12.1 Å². The number of carbonyl (C=O) groups is 2. The number of rotatable bonds is 4. The van der Waals surface area contributed by atoms with Gasteiger partial charge < -0.3 is 10.0 Å². The first-order valence-electron chi connectivity index (χ1n) is 8.79. The molecule has 1 fully saturated rings. The van der Waals surface area contributed by atoms with Crippen LogP contribution in [0.3, 0.4) is 0 Å². The lowest BCUT2D eigenvalue weighted by Crippen LogP contribution is -2.48. The Morgan fingerprint density at radius 1 is 0.963 bits per heavy atom. The maximum absolute atomic E-state index is 12.6. The molecule has 1 aliphatic rings. The van der Waals surface area contributed by atoms with Crippen molar-refractivity contribution < 1.29 is 14.7 Å². The minimum Gasteiger partial charge on any atom is -0.478 e. The van der Waals surface area contributed by atoms with Crippen LogP contribution in [0, 0.1) is 0 Å². The van der Waals surface area contributed by atoms with Crippen LogP contribution >= 0.6 is 11.3 Å². The number of nitrogens with zero attached hydrogens (tertiary/aromatic N) is 3. The molecule has 3 aromatic rings. The van der Waals surface area contributed by atoms with Crippen LogP contribution in [-0.4, -0.2) is 57.9 Å². The molecule has 1 amide bonds. The number of fused-ring (bicyclic) bond motifs is 1. The molecule has 0 unspecified atom stereocenters. The van der Waals surface area contributed by atoms with E-state index in [1.807, 2.05) is 23.1 Å². The van der Waals surface area contributed by atoms with Gasteiger partial charge in [0.1, 0.15) is 5.01 Å². The van der Waals surface area contributed by atoms with E-state index in [0.717, 1.165) is 30.2 Å². The Balaban J connectivity index is 1.35. The molecule has 0 aliphatic carbocycles.